The average molecular weight is 385 g/mol. The van der Waals surface area contributed by atoms with E-state index >= 15 is 0 Å². The van der Waals surface area contributed by atoms with Crippen molar-refractivity contribution in [2.75, 3.05) is 5.73 Å². The molecule has 1 aromatic heterocycles. The van der Waals surface area contributed by atoms with Crippen LogP contribution in [0.25, 0.3) is 22.4 Å². The summed E-state index contributed by atoms with van der Waals surface area (Å²) in [7, 11) is 0. The van der Waals surface area contributed by atoms with Crippen LogP contribution in [-0.2, 0) is 0 Å². The Morgan fingerprint density at radius 1 is 1.04 bits per heavy atom. The van der Waals surface area contributed by atoms with Gasteiger partial charge in [-0.05, 0) is 35.9 Å². The molecule has 0 radical (unpaired) electrons. The van der Waals surface area contributed by atoms with Crippen molar-refractivity contribution in [3.63, 3.8) is 0 Å². The third-order valence-electron chi connectivity index (χ3n) is 3.76. The number of nitro benzene ring substituents is 1. The van der Waals surface area contributed by atoms with E-state index in [2.05, 4.69) is 4.98 Å². The topological polar surface area (TPSA) is 106 Å². The number of nitrogen functional groups attached to an aromatic ring is 1. The summed E-state index contributed by atoms with van der Waals surface area (Å²) in [5.41, 5.74) is 8.43. The highest BCUT2D eigenvalue weighted by molar-refractivity contribution is 6.42. The van der Waals surface area contributed by atoms with Crippen LogP contribution < -0.4 is 5.73 Å². The zero-order valence-electron chi connectivity index (χ0n) is 13.1. The molecule has 26 heavy (non-hydrogen) atoms. The van der Waals surface area contributed by atoms with Crippen molar-refractivity contribution in [3.05, 3.63) is 74.3 Å². The monoisotopic (exact) mass is 384 g/mol. The number of rotatable bonds is 3. The zero-order chi connectivity index (χ0) is 18.8. The Labute approximate surface area is 158 Å². The molecule has 0 aliphatic carbocycles. The Morgan fingerprint density at radius 2 is 1.69 bits per heavy atom. The summed E-state index contributed by atoms with van der Waals surface area (Å²) in [6.07, 6.45) is 0. The van der Waals surface area contributed by atoms with Crippen LogP contribution in [0.4, 0.5) is 11.5 Å². The number of pyridine rings is 1. The molecule has 0 saturated heterocycles. The minimum Gasteiger partial charge on any atom is -0.383 e. The van der Waals surface area contributed by atoms with Crippen LogP contribution in [0.3, 0.4) is 0 Å². The molecule has 2 aromatic carbocycles. The molecule has 8 heteroatoms. The lowest BCUT2D eigenvalue weighted by molar-refractivity contribution is -0.384. The van der Waals surface area contributed by atoms with Gasteiger partial charge >= 0.3 is 0 Å². The predicted molar refractivity (Wildman–Crippen MR) is 101 cm³/mol. The molecule has 0 unspecified atom stereocenters. The summed E-state index contributed by atoms with van der Waals surface area (Å²) in [5, 5.41) is 21.0. The van der Waals surface area contributed by atoms with Crippen molar-refractivity contribution >= 4 is 34.7 Å². The molecule has 0 bridgehead atoms. The van der Waals surface area contributed by atoms with Crippen LogP contribution in [0.5, 0.6) is 0 Å². The van der Waals surface area contributed by atoms with E-state index in [1.807, 2.05) is 6.07 Å². The molecular formula is C18H10Cl2N4O2. The van der Waals surface area contributed by atoms with E-state index in [0.29, 0.717) is 32.4 Å². The van der Waals surface area contributed by atoms with Gasteiger partial charge in [0.15, 0.2) is 0 Å². The molecule has 1 heterocycles. The molecule has 3 rings (SSSR count). The maximum absolute atomic E-state index is 10.8. The highest BCUT2D eigenvalue weighted by Crippen LogP contribution is 2.34. The van der Waals surface area contributed by atoms with E-state index in [4.69, 9.17) is 28.9 Å². The lowest BCUT2D eigenvalue weighted by Crippen LogP contribution is -2.00. The van der Waals surface area contributed by atoms with Crippen molar-refractivity contribution in [1.29, 1.82) is 5.26 Å². The molecule has 0 atom stereocenters. The van der Waals surface area contributed by atoms with Gasteiger partial charge in [-0.25, -0.2) is 4.98 Å². The van der Waals surface area contributed by atoms with E-state index in [-0.39, 0.29) is 17.1 Å². The van der Waals surface area contributed by atoms with Crippen LogP contribution >= 0.6 is 23.2 Å². The summed E-state index contributed by atoms with van der Waals surface area (Å²) in [5.74, 6) is 0.0597. The number of aromatic nitrogens is 1. The van der Waals surface area contributed by atoms with Crippen LogP contribution in [0.2, 0.25) is 10.0 Å². The number of nitrogens with zero attached hydrogens (tertiary/aromatic N) is 3. The number of anilines is 1. The lowest BCUT2D eigenvalue weighted by Gasteiger charge is -2.11. The van der Waals surface area contributed by atoms with E-state index in [0.717, 1.165) is 0 Å². The standard InChI is InChI=1S/C18H10Cl2N4O2/c19-15-6-3-11(7-16(15)20)17-8-13(14(9-21)18(22)23-17)10-1-4-12(5-2-10)24(25)26/h1-8H,(H2,22,23). The number of nitro groups is 1. The number of nitriles is 1. The second-order valence-corrected chi connectivity index (χ2v) is 6.17. The quantitative estimate of drug-likeness (QED) is 0.500. The highest BCUT2D eigenvalue weighted by Gasteiger charge is 2.15. The maximum atomic E-state index is 10.8. The predicted octanol–water partition coefficient (Wildman–Crippen LogP) is 5.08. The lowest BCUT2D eigenvalue weighted by atomic mass is 9.98. The largest absolute Gasteiger partial charge is 0.383 e. The van der Waals surface area contributed by atoms with Crippen molar-refractivity contribution in [3.8, 4) is 28.5 Å². The van der Waals surface area contributed by atoms with Crippen LogP contribution in [-0.4, -0.2) is 9.91 Å². The number of nitrogens with two attached hydrogens (primary N) is 1. The van der Waals surface area contributed by atoms with E-state index in [9.17, 15) is 15.4 Å². The van der Waals surface area contributed by atoms with Crippen molar-refractivity contribution in [2.24, 2.45) is 0 Å². The van der Waals surface area contributed by atoms with Crippen LogP contribution in [0.15, 0.2) is 48.5 Å². The Balaban J connectivity index is 2.17. The van der Waals surface area contributed by atoms with Gasteiger partial charge in [0.2, 0.25) is 0 Å². The molecule has 0 aliphatic rings. The van der Waals surface area contributed by atoms with E-state index < -0.39 is 4.92 Å². The van der Waals surface area contributed by atoms with Gasteiger partial charge in [0.1, 0.15) is 17.5 Å². The molecule has 0 aliphatic heterocycles. The van der Waals surface area contributed by atoms with Gasteiger partial charge in [-0.15, -0.1) is 0 Å². The molecule has 0 saturated carbocycles. The molecule has 0 fully saturated rings. The maximum Gasteiger partial charge on any atom is 0.269 e. The first-order valence-corrected chi connectivity index (χ1v) is 8.07. The number of benzene rings is 2. The van der Waals surface area contributed by atoms with Gasteiger partial charge in [0, 0.05) is 23.3 Å². The highest BCUT2D eigenvalue weighted by atomic mass is 35.5. The van der Waals surface area contributed by atoms with Gasteiger partial charge in [-0.1, -0.05) is 29.3 Å². The molecule has 3 aromatic rings. The summed E-state index contributed by atoms with van der Waals surface area (Å²) in [6.45, 7) is 0. The first-order chi connectivity index (χ1) is 12.4. The first-order valence-electron chi connectivity index (χ1n) is 7.31. The Hall–Kier alpha value is -3.14. The minimum atomic E-state index is -0.489. The second kappa shape index (κ2) is 7.00. The third-order valence-corrected chi connectivity index (χ3v) is 4.50. The van der Waals surface area contributed by atoms with Crippen LogP contribution in [0.1, 0.15) is 5.56 Å². The fraction of sp³-hybridized carbons (Fsp3) is 0. The summed E-state index contributed by atoms with van der Waals surface area (Å²) in [4.78, 5) is 14.6. The summed E-state index contributed by atoms with van der Waals surface area (Å²) >= 11 is 12.0. The smallest absolute Gasteiger partial charge is 0.269 e. The average Bonchev–Trinajstić information content (AvgIpc) is 2.63. The number of hydrogen-bond donors (Lipinski definition) is 1. The van der Waals surface area contributed by atoms with Crippen molar-refractivity contribution < 1.29 is 4.92 Å². The minimum absolute atomic E-state index is 0.0426. The van der Waals surface area contributed by atoms with Gasteiger partial charge in [0.25, 0.3) is 5.69 Å². The number of non-ortho nitro benzene ring substituents is 1. The third kappa shape index (κ3) is 3.31. The Kier molecular flexibility index (Phi) is 4.76. The van der Waals surface area contributed by atoms with Crippen molar-refractivity contribution in [1.82, 2.24) is 4.98 Å². The fourth-order valence-corrected chi connectivity index (χ4v) is 2.77. The number of hydrogen-bond acceptors (Lipinski definition) is 5. The normalized spacial score (nSPS) is 10.3. The van der Waals surface area contributed by atoms with E-state index in [1.54, 1.807) is 36.4 Å². The fourth-order valence-electron chi connectivity index (χ4n) is 2.48. The molecule has 0 amide bonds. The number of halogens is 2. The summed E-state index contributed by atoms with van der Waals surface area (Å²) < 4.78 is 0. The van der Waals surface area contributed by atoms with Crippen LogP contribution in [0, 0.1) is 21.4 Å². The molecule has 2 N–H and O–H groups in total. The Morgan fingerprint density at radius 3 is 2.27 bits per heavy atom. The SMILES string of the molecule is N#Cc1c(-c2ccc([N+](=O)[O-])cc2)cc(-c2ccc(Cl)c(Cl)c2)nc1N. The van der Waals surface area contributed by atoms with E-state index in [1.165, 1.54) is 12.1 Å². The van der Waals surface area contributed by atoms with Gasteiger partial charge in [0.05, 0.1) is 20.7 Å². The summed E-state index contributed by atoms with van der Waals surface area (Å²) in [6, 6.07) is 14.6. The van der Waals surface area contributed by atoms with Crippen molar-refractivity contribution in [2.45, 2.75) is 0 Å². The zero-order valence-corrected chi connectivity index (χ0v) is 14.6. The van der Waals surface area contributed by atoms with Gasteiger partial charge < -0.3 is 5.73 Å². The van der Waals surface area contributed by atoms with Gasteiger partial charge in [-0.2, -0.15) is 5.26 Å². The first kappa shape index (κ1) is 17.7. The second-order valence-electron chi connectivity index (χ2n) is 5.36. The molecule has 128 valence electrons. The Bertz CT molecular complexity index is 1060. The molecular weight excluding hydrogens is 375 g/mol. The van der Waals surface area contributed by atoms with Gasteiger partial charge in [-0.3, -0.25) is 10.1 Å². The molecule has 6 nitrogen and oxygen atoms in total. The molecule has 0 spiro atoms.